The standard InChI is InChI=1S/C12H16N4OS/c1-6-3-4-7-8(5-6)18-10-9(7)11(17)16(2)12(14-10)15-13/h6H,3-5,13H2,1-2H3,(H,14,15)/t6-/m1/s1. The molecule has 0 amide bonds. The Morgan fingerprint density at radius 1 is 1.56 bits per heavy atom. The number of hydrazine groups is 1. The highest BCUT2D eigenvalue weighted by Gasteiger charge is 2.23. The lowest BCUT2D eigenvalue weighted by molar-refractivity contribution is 0.509. The van der Waals surface area contributed by atoms with E-state index in [0.717, 1.165) is 29.5 Å². The lowest BCUT2D eigenvalue weighted by atomic mass is 9.89. The Hall–Kier alpha value is -1.40. The van der Waals surface area contributed by atoms with E-state index in [1.165, 1.54) is 15.0 Å². The Kier molecular flexibility index (Phi) is 2.64. The van der Waals surface area contributed by atoms with Crippen molar-refractivity contribution in [3.05, 3.63) is 20.8 Å². The molecule has 96 valence electrons. The number of nitrogens with two attached hydrogens (primary N) is 1. The van der Waals surface area contributed by atoms with Crippen LogP contribution in [0.3, 0.4) is 0 Å². The number of nitrogens with one attached hydrogen (secondary N) is 1. The van der Waals surface area contributed by atoms with E-state index in [1.54, 1.807) is 18.4 Å². The summed E-state index contributed by atoms with van der Waals surface area (Å²) in [4.78, 5) is 18.9. The summed E-state index contributed by atoms with van der Waals surface area (Å²) >= 11 is 1.64. The first-order chi connectivity index (χ1) is 8.61. The van der Waals surface area contributed by atoms with Crippen LogP contribution in [0.1, 0.15) is 23.8 Å². The van der Waals surface area contributed by atoms with Gasteiger partial charge in [-0.2, -0.15) is 0 Å². The number of nitrogens with zero attached hydrogens (tertiary/aromatic N) is 2. The zero-order valence-electron chi connectivity index (χ0n) is 10.5. The Morgan fingerprint density at radius 3 is 3.06 bits per heavy atom. The normalized spacial score (nSPS) is 18.9. The number of anilines is 1. The van der Waals surface area contributed by atoms with Gasteiger partial charge in [0.2, 0.25) is 5.95 Å². The number of thiophene rings is 1. The van der Waals surface area contributed by atoms with Gasteiger partial charge in [0.1, 0.15) is 4.83 Å². The number of hydrogen-bond donors (Lipinski definition) is 2. The van der Waals surface area contributed by atoms with Crippen molar-refractivity contribution in [3.63, 3.8) is 0 Å². The summed E-state index contributed by atoms with van der Waals surface area (Å²) < 4.78 is 1.48. The van der Waals surface area contributed by atoms with Crippen LogP contribution in [0.25, 0.3) is 10.2 Å². The summed E-state index contributed by atoms with van der Waals surface area (Å²) in [5, 5.41) is 0.795. The third-order valence-electron chi connectivity index (χ3n) is 3.67. The molecule has 2 heterocycles. The van der Waals surface area contributed by atoms with Crippen molar-refractivity contribution in [1.29, 1.82) is 0 Å². The molecule has 3 N–H and O–H groups in total. The summed E-state index contributed by atoms with van der Waals surface area (Å²) in [5.41, 5.74) is 3.69. The number of rotatable bonds is 1. The molecule has 18 heavy (non-hydrogen) atoms. The number of aryl methyl sites for hydroxylation is 1. The van der Waals surface area contributed by atoms with E-state index in [9.17, 15) is 4.79 Å². The van der Waals surface area contributed by atoms with E-state index >= 15 is 0 Å². The molecule has 0 aliphatic heterocycles. The smallest absolute Gasteiger partial charge is 0.263 e. The Balaban J connectivity index is 2.33. The van der Waals surface area contributed by atoms with E-state index < -0.39 is 0 Å². The fraction of sp³-hybridized carbons (Fsp3) is 0.500. The highest BCUT2D eigenvalue weighted by Crippen LogP contribution is 2.35. The number of nitrogen functional groups attached to an aromatic ring is 1. The van der Waals surface area contributed by atoms with E-state index in [-0.39, 0.29) is 5.56 Å². The minimum absolute atomic E-state index is 0.00000283. The second-order valence-electron chi connectivity index (χ2n) is 4.98. The molecule has 5 nitrogen and oxygen atoms in total. The Morgan fingerprint density at radius 2 is 2.33 bits per heavy atom. The zero-order chi connectivity index (χ0) is 12.9. The molecule has 2 aromatic heterocycles. The van der Waals surface area contributed by atoms with Crippen molar-refractivity contribution in [1.82, 2.24) is 9.55 Å². The molecule has 0 spiro atoms. The summed E-state index contributed by atoms with van der Waals surface area (Å²) in [7, 11) is 1.69. The zero-order valence-corrected chi connectivity index (χ0v) is 11.3. The van der Waals surface area contributed by atoms with Gasteiger partial charge in [0.05, 0.1) is 5.39 Å². The van der Waals surface area contributed by atoms with Crippen molar-refractivity contribution in [3.8, 4) is 0 Å². The molecule has 0 radical (unpaired) electrons. The number of fused-ring (bicyclic) bond motifs is 3. The van der Waals surface area contributed by atoms with Crippen LogP contribution in [0.4, 0.5) is 5.95 Å². The van der Waals surface area contributed by atoms with Crippen molar-refractivity contribution < 1.29 is 0 Å². The van der Waals surface area contributed by atoms with Crippen LogP contribution in [0.5, 0.6) is 0 Å². The first kappa shape index (κ1) is 11.7. The fourth-order valence-corrected chi connectivity index (χ4v) is 3.97. The molecule has 0 bridgehead atoms. The lowest BCUT2D eigenvalue weighted by Crippen LogP contribution is -2.25. The monoisotopic (exact) mass is 264 g/mol. The van der Waals surface area contributed by atoms with Gasteiger partial charge in [-0.05, 0) is 30.7 Å². The van der Waals surface area contributed by atoms with Gasteiger partial charge in [-0.1, -0.05) is 6.92 Å². The lowest BCUT2D eigenvalue weighted by Gasteiger charge is -2.17. The second-order valence-corrected chi connectivity index (χ2v) is 6.06. The van der Waals surface area contributed by atoms with Gasteiger partial charge in [0.15, 0.2) is 0 Å². The maximum atomic E-state index is 12.4. The van der Waals surface area contributed by atoms with E-state index in [1.807, 2.05) is 0 Å². The van der Waals surface area contributed by atoms with Gasteiger partial charge in [-0.15, -0.1) is 11.3 Å². The molecule has 0 saturated carbocycles. The minimum atomic E-state index is 0.00000283. The summed E-state index contributed by atoms with van der Waals surface area (Å²) in [5.74, 6) is 6.50. The summed E-state index contributed by atoms with van der Waals surface area (Å²) in [6.45, 7) is 2.26. The molecule has 3 rings (SSSR count). The first-order valence-electron chi connectivity index (χ1n) is 6.09. The van der Waals surface area contributed by atoms with Crippen LogP contribution < -0.4 is 16.8 Å². The molecular formula is C12H16N4OS. The van der Waals surface area contributed by atoms with E-state index in [4.69, 9.17) is 5.84 Å². The molecular weight excluding hydrogens is 248 g/mol. The second kappa shape index (κ2) is 4.07. The Bertz CT molecular complexity index is 673. The van der Waals surface area contributed by atoms with Crippen molar-refractivity contribution in [2.24, 2.45) is 18.8 Å². The third-order valence-corrected chi connectivity index (χ3v) is 4.81. The maximum absolute atomic E-state index is 12.4. The largest absolute Gasteiger partial charge is 0.294 e. The fourth-order valence-electron chi connectivity index (χ4n) is 2.60. The van der Waals surface area contributed by atoms with Crippen LogP contribution in [-0.2, 0) is 19.9 Å². The molecule has 0 saturated heterocycles. The third kappa shape index (κ3) is 1.56. The topological polar surface area (TPSA) is 72.9 Å². The van der Waals surface area contributed by atoms with Gasteiger partial charge in [0.25, 0.3) is 5.56 Å². The summed E-state index contributed by atoms with van der Waals surface area (Å²) in [6, 6.07) is 0. The van der Waals surface area contributed by atoms with Gasteiger partial charge in [0, 0.05) is 11.9 Å². The predicted octanol–water partition coefficient (Wildman–Crippen LogP) is 1.41. The predicted molar refractivity (Wildman–Crippen MR) is 73.9 cm³/mol. The van der Waals surface area contributed by atoms with E-state index in [2.05, 4.69) is 17.3 Å². The average Bonchev–Trinajstić information content (AvgIpc) is 2.70. The van der Waals surface area contributed by atoms with Crippen LogP contribution in [0.2, 0.25) is 0 Å². The van der Waals surface area contributed by atoms with E-state index in [0.29, 0.717) is 11.9 Å². The number of aromatic nitrogens is 2. The van der Waals surface area contributed by atoms with Gasteiger partial charge in [-0.3, -0.25) is 14.8 Å². The molecule has 0 fully saturated rings. The van der Waals surface area contributed by atoms with Gasteiger partial charge < -0.3 is 0 Å². The average molecular weight is 264 g/mol. The van der Waals surface area contributed by atoms with Crippen molar-refractivity contribution in [2.45, 2.75) is 26.2 Å². The highest BCUT2D eigenvalue weighted by atomic mass is 32.1. The molecule has 0 unspecified atom stereocenters. The van der Waals surface area contributed by atoms with Crippen LogP contribution in [0, 0.1) is 5.92 Å². The van der Waals surface area contributed by atoms with Gasteiger partial charge in [-0.25, -0.2) is 10.8 Å². The molecule has 1 aliphatic carbocycles. The summed E-state index contributed by atoms with van der Waals surface area (Å²) in [6.07, 6.45) is 3.20. The van der Waals surface area contributed by atoms with Crippen LogP contribution in [0.15, 0.2) is 4.79 Å². The molecule has 0 aromatic carbocycles. The maximum Gasteiger partial charge on any atom is 0.263 e. The number of hydrogen-bond acceptors (Lipinski definition) is 5. The van der Waals surface area contributed by atoms with Crippen LogP contribution >= 0.6 is 11.3 Å². The first-order valence-corrected chi connectivity index (χ1v) is 6.91. The van der Waals surface area contributed by atoms with Crippen LogP contribution in [-0.4, -0.2) is 9.55 Å². The molecule has 2 aromatic rings. The SMILES string of the molecule is C[C@@H]1CCc2c(sc3nc(NN)n(C)c(=O)c23)C1. The minimum Gasteiger partial charge on any atom is -0.294 e. The molecule has 6 heteroatoms. The van der Waals surface area contributed by atoms with Crippen molar-refractivity contribution in [2.75, 3.05) is 5.43 Å². The van der Waals surface area contributed by atoms with Gasteiger partial charge >= 0.3 is 0 Å². The molecule has 1 aliphatic rings. The molecule has 1 atom stereocenters. The highest BCUT2D eigenvalue weighted by molar-refractivity contribution is 7.18. The Labute approximate surface area is 109 Å². The quantitative estimate of drug-likeness (QED) is 0.603. The van der Waals surface area contributed by atoms with Crippen molar-refractivity contribution >= 4 is 27.5 Å².